The Bertz CT molecular complexity index is 334. The molecule has 0 unspecified atom stereocenters. The van der Waals surface area contributed by atoms with E-state index in [0.717, 1.165) is 44.2 Å². The lowest BCUT2D eigenvalue weighted by molar-refractivity contribution is 0.131. The number of unbranched alkanes of at least 4 members (excludes halogenated alkanes) is 1. The second-order valence-electron chi connectivity index (χ2n) is 4.95. The second-order valence-corrected chi connectivity index (χ2v) is 4.95. The second kappa shape index (κ2) is 8.14. The monoisotopic (exact) mass is 253 g/mol. The molecule has 0 amide bonds. The first kappa shape index (κ1) is 15.0. The number of imidazole rings is 1. The van der Waals surface area contributed by atoms with E-state index >= 15 is 0 Å². The molecule has 4 heteroatoms. The standard InChI is InChI=1S/C14H27N3O/c1-5-6-9-18-10-7-8-15-14-16-13(4)11-17(14)12(2)3/h11-12H,5-10H2,1-4H3,(H,15,16). The summed E-state index contributed by atoms with van der Waals surface area (Å²) < 4.78 is 7.70. The van der Waals surface area contributed by atoms with Crippen molar-refractivity contribution in [2.75, 3.05) is 25.1 Å². The molecule has 1 heterocycles. The lowest BCUT2D eigenvalue weighted by Crippen LogP contribution is -2.11. The fourth-order valence-electron chi connectivity index (χ4n) is 1.76. The van der Waals surface area contributed by atoms with Gasteiger partial charge < -0.3 is 14.6 Å². The average Bonchev–Trinajstić information content (AvgIpc) is 2.69. The van der Waals surface area contributed by atoms with Crippen LogP contribution >= 0.6 is 0 Å². The van der Waals surface area contributed by atoms with Crippen molar-refractivity contribution in [3.8, 4) is 0 Å². The first-order valence-corrected chi connectivity index (χ1v) is 7.02. The van der Waals surface area contributed by atoms with Crippen LogP contribution in [0.2, 0.25) is 0 Å². The third-order valence-electron chi connectivity index (χ3n) is 2.80. The Hall–Kier alpha value is -1.03. The van der Waals surface area contributed by atoms with Gasteiger partial charge in [-0.1, -0.05) is 13.3 Å². The lowest BCUT2D eigenvalue weighted by atomic mass is 10.3. The summed E-state index contributed by atoms with van der Waals surface area (Å²) >= 11 is 0. The zero-order valence-corrected chi connectivity index (χ0v) is 12.2. The van der Waals surface area contributed by atoms with Gasteiger partial charge in [-0.15, -0.1) is 0 Å². The van der Waals surface area contributed by atoms with Crippen LogP contribution in [0.3, 0.4) is 0 Å². The van der Waals surface area contributed by atoms with Gasteiger partial charge in [-0.25, -0.2) is 4.98 Å². The van der Waals surface area contributed by atoms with E-state index in [2.05, 4.69) is 41.8 Å². The van der Waals surface area contributed by atoms with E-state index in [1.165, 1.54) is 6.42 Å². The molecule has 0 radical (unpaired) electrons. The molecule has 104 valence electrons. The molecule has 0 aromatic carbocycles. The van der Waals surface area contributed by atoms with Gasteiger partial charge in [0, 0.05) is 32.0 Å². The summed E-state index contributed by atoms with van der Waals surface area (Å²) in [5.74, 6) is 0.969. The number of nitrogens with one attached hydrogen (secondary N) is 1. The van der Waals surface area contributed by atoms with Crippen molar-refractivity contribution >= 4 is 5.95 Å². The molecule has 1 N–H and O–H groups in total. The molecule has 0 bridgehead atoms. The smallest absolute Gasteiger partial charge is 0.203 e. The van der Waals surface area contributed by atoms with E-state index < -0.39 is 0 Å². The van der Waals surface area contributed by atoms with Crippen molar-refractivity contribution in [1.82, 2.24) is 9.55 Å². The number of hydrogen-bond acceptors (Lipinski definition) is 3. The van der Waals surface area contributed by atoms with E-state index in [0.29, 0.717) is 6.04 Å². The molecule has 0 aliphatic carbocycles. The van der Waals surface area contributed by atoms with Crippen LogP contribution in [0.15, 0.2) is 6.20 Å². The van der Waals surface area contributed by atoms with Gasteiger partial charge in [0.25, 0.3) is 0 Å². The van der Waals surface area contributed by atoms with E-state index in [1.807, 2.05) is 6.92 Å². The molecule has 1 aromatic rings. The van der Waals surface area contributed by atoms with Crippen LogP contribution in [0.4, 0.5) is 5.95 Å². The summed E-state index contributed by atoms with van der Waals surface area (Å²) in [5.41, 5.74) is 1.06. The minimum Gasteiger partial charge on any atom is -0.381 e. The molecular formula is C14H27N3O. The molecule has 0 fully saturated rings. The average molecular weight is 253 g/mol. The molecule has 4 nitrogen and oxygen atoms in total. The van der Waals surface area contributed by atoms with Gasteiger partial charge in [-0.2, -0.15) is 0 Å². The summed E-state index contributed by atoms with van der Waals surface area (Å²) in [6, 6.07) is 0.439. The lowest BCUT2D eigenvalue weighted by Gasteiger charge is -2.12. The van der Waals surface area contributed by atoms with Crippen molar-refractivity contribution in [3.63, 3.8) is 0 Å². The summed E-state index contributed by atoms with van der Waals surface area (Å²) in [4.78, 5) is 4.49. The molecule has 0 saturated carbocycles. The summed E-state index contributed by atoms with van der Waals surface area (Å²) in [6.45, 7) is 11.2. The highest BCUT2D eigenvalue weighted by atomic mass is 16.5. The Morgan fingerprint density at radius 3 is 2.72 bits per heavy atom. The molecule has 0 atom stereocenters. The highest BCUT2D eigenvalue weighted by Crippen LogP contribution is 2.14. The van der Waals surface area contributed by atoms with Crippen molar-refractivity contribution < 1.29 is 4.74 Å². The SMILES string of the molecule is CCCCOCCCNc1nc(C)cn1C(C)C. The molecule has 0 aliphatic heterocycles. The number of nitrogens with zero attached hydrogens (tertiary/aromatic N) is 2. The molecule has 0 aliphatic rings. The van der Waals surface area contributed by atoms with Crippen LogP contribution in [-0.4, -0.2) is 29.3 Å². The van der Waals surface area contributed by atoms with Crippen LogP contribution in [0.5, 0.6) is 0 Å². The Morgan fingerprint density at radius 2 is 2.06 bits per heavy atom. The summed E-state index contributed by atoms with van der Waals surface area (Å²) in [5, 5.41) is 3.38. The molecule has 1 rings (SSSR count). The number of ether oxygens (including phenoxy) is 1. The van der Waals surface area contributed by atoms with Gasteiger partial charge in [-0.05, 0) is 33.6 Å². The number of rotatable bonds is 9. The number of hydrogen-bond donors (Lipinski definition) is 1. The van der Waals surface area contributed by atoms with Crippen LogP contribution < -0.4 is 5.32 Å². The van der Waals surface area contributed by atoms with E-state index in [1.54, 1.807) is 0 Å². The minimum absolute atomic E-state index is 0.439. The quantitative estimate of drug-likeness (QED) is 0.686. The van der Waals surface area contributed by atoms with Crippen LogP contribution in [0.1, 0.15) is 51.8 Å². The molecule has 18 heavy (non-hydrogen) atoms. The van der Waals surface area contributed by atoms with Gasteiger partial charge in [0.05, 0.1) is 5.69 Å². The summed E-state index contributed by atoms with van der Waals surface area (Å²) in [7, 11) is 0. The maximum absolute atomic E-state index is 5.53. The van der Waals surface area contributed by atoms with Gasteiger partial charge in [0.1, 0.15) is 0 Å². The highest BCUT2D eigenvalue weighted by Gasteiger charge is 2.07. The first-order chi connectivity index (χ1) is 8.65. The van der Waals surface area contributed by atoms with E-state index in [-0.39, 0.29) is 0 Å². The maximum atomic E-state index is 5.53. The predicted molar refractivity (Wildman–Crippen MR) is 76.2 cm³/mol. The van der Waals surface area contributed by atoms with Crippen molar-refractivity contribution in [2.24, 2.45) is 0 Å². The van der Waals surface area contributed by atoms with Gasteiger partial charge in [0.2, 0.25) is 5.95 Å². The summed E-state index contributed by atoms with van der Waals surface area (Å²) in [6.07, 6.45) is 5.46. The predicted octanol–water partition coefficient (Wildman–Crippen LogP) is 3.39. The number of anilines is 1. The van der Waals surface area contributed by atoms with Crippen LogP contribution in [-0.2, 0) is 4.74 Å². The maximum Gasteiger partial charge on any atom is 0.203 e. The zero-order valence-electron chi connectivity index (χ0n) is 12.2. The van der Waals surface area contributed by atoms with Crippen molar-refractivity contribution in [2.45, 2.75) is 53.0 Å². The Balaban J connectivity index is 2.22. The van der Waals surface area contributed by atoms with Gasteiger partial charge in [-0.3, -0.25) is 0 Å². The topological polar surface area (TPSA) is 39.1 Å². The highest BCUT2D eigenvalue weighted by molar-refractivity contribution is 5.29. The van der Waals surface area contributed by atoms with E-state index in [4.69, 9.17) is 4.74 Å². The fourth-order valence-corrected chi connectivity index (χ4v) is 1.76. The van der Waals surface area contributed by atoms with Crippen LogP contribution in [0.25, 0.3) is 0 Å². The molecule has 0 spiro atoms. The van der Waals surface area contributed by atoms with Gasteiger partial charge in [0.15, 0.2) is 0 Å². The Morgan fingerprint density at radius 1 is 1.33 bits per heavy atom. The van der Waals surface area contributed by atoms with Crippen LogP contribution in [0, 0.1) is 6.92 Å². The Kier molecular flexibility index (Phi) is 6.80. The minimum atomic E-state index is 0.439. The van der Waals surface area contributed by atoms with Crippen molar-refractivity contribution in [1.29, 1.82) is 0 Å². The largest absolute Gasteiger partial charge is 0.381 e. The third-order valence-corrected chi connectivity index (χ3v) is 2.80. The number of aryl methyl sites for hydroxylation is 1. The fraction of sp³-hybridized carbons (Fsp3) is 0.786. The normalized spacial score (nSPS) is 11.2. The third kappa shape index (κ3) is 5.08. The molecule has 0 saturated heterocycles. The van der Waals surface area contributed by atoms with E-state index in [9.17, 15) is 0 Å². The Labute approximate surface area is 111 Å². The van der Waals surface area contributed by atoms with Gasteiger partial charge >= 0.3 is 0 Å². The molecular weight excluding hydrogens is 226 g/mol. The first-order valence-electron chi connectivity index (χ1n) is 7.02. The zero-order chi connectivity index (χ0) is 13.4. The number of aromatic nitrogens is 2. The van der Waals surface area contributed by atoms with Crippen molar-refractivity contribution in [3.05, 3.63) is 11.9 Å². The molecule has 1 aromatic heterocycles.